The summed E-state index contributed by atoms with van der Waals surface area (Å²) in [6.07, 6.45) is 36.2. The van der Waals surface area contributed by atoms with Crippen LogP contribution in [-0.4, -0.2) is 23.1 Å². The molecule has 0 bridgehead atoms. The molecule has 4 heteroatoms. The monoisotopic (exact) mass is 502 g/mol. The summed E-state index contributed by atoms with van der Waals surface area (Å²) < 4.78 is 5.69. The largest absolute Gasteiger partial charge is 0.481 e. The maximum absolute atomic E-state index is 12.2. The van der Waals surface area contributed by atoms with Crippen molar-refractivity contribution in [2.75, 3.05) is 0 Å². The van der Waals surface area contributed by atoms with Gasteiger partial charge in [-0.2, -0.15) is 0 Å². The Morgan fingerprint density at radius 2 is 1.14 bits per heavy atom. The van der Waals surface area contributed by atoms with Crippen molar-refractivity contribution in [3.63, 3.8) is 0 Å². The predicted molar refractivity (Wildman–Crippen MR) is 153 cm³/mol. The first-order valence-corrected chi connectivity index (χ1v) is 14.6. The van der Waals surface area contributed by atoms with Gasteiger partial charge in [0.1, 0.15) is 6.10 Å². The highest BCUT2D eigenvalue weighted by Crippen LogP contribution is 2.15. The summed E-state index contributed by atoms with van der Waals surface area (Å²) in [5.41, 5.74) is 0. The first-order chi connectivity index (χ1) is 17.6. The van der Waals surface area contributed by atoms with E-state index in [4.69, 9.17) is 9.84 Å². The molecular formula is C32H54O4. The van der Waals surface area contributed by atoms with E-state index in [2.05, 4.69) is 62.5 Å². The Morgan fingerprint density at radius 3 is 1.69 bits per heavy atom. The molecule has 0 fully saturated rings. The summed E-state index contributed by atoms with van der Waals surface area (Å²) in [7, 11) is 0. The minimum Gasteiger partial charge on any atom is -0.481 e. The van der Waals surface area contributed by atoms with Crippen LogP contribution in [0.3, 0.4) is 0 Å². The molecule has 0 aromatic heterocycles. The summed E-state index contributed by atoms with van der Waals surface area (Å²) in [6.45, 7) is 4.24. The highest BCUT2D eigenvalue weighted by Gasteiger charge is 2.12. The Labute approximate surface area is 222 Å². The number of carbonyl (C=O) groups is 2. The summed E-state index contributed by atoms with van der Waals surface area (Å²) in [4.78, 5) is 22.6. The number of hydrogen-bond acceptors (Lipinski definition) is 3. The number of hydrogen-bond donors (Lipinski definition) is 1. The molecule has 0 aromatic rings. The second-order valence-electron chi connectivity index (χ2n) is 9.53. The van der Waals surface area contributed by atoms with E-state index in [-0.39, 0.29) is 12.1 Å². The van der Waals surface area contributed by atoms with Crippen molar-refractivity contribution in [3.05, 3.63) is 48.6 Å². The molecule has 0 heterocycles. The van der Waals surface area contributed by atoms with E-state index in [1.54, 1.807) is 0 Å². The lowest BCUT2D eigenvalue weighted by Gasteiger charge is -2.16. The number of unbranched alkanes of at least 4 members (excludes halogenated alkanes) is 9. The van der Waals surface area contributed by atoms with Crippen LogP contribution in [0.15, 0.2) is 48.6 Å². The van der Waals surface area contributed by atoms with Crippen LogP contribution in [0.2, 0.25) is 0 Å². The average Bonchev–Trinajstić information content (AvgIpc) is 2.86. The molecule has 0 amide bonds. The van der Waals surface area contributed by atoms with Gasteiger partial charge in [0, 0.05) is 12.8 Å². The summed E-state index contributed by atoms with van der Waals surface area (Å²) in [6, 6.07) is 0. The fourth-order valence-corrected chi connectivity index (χ4v) is 3.93. The molecule has 1 atom stereocenters. The molecule has 36 heavy (non-hydrogen) atoms. The number of esters is 1. The number of carboxylic acid groups (broad SMARTS) is 1. The van der Waals surface area contributed by atoms with Crippen molar-refractivity contribution in [2.24, 2.45) is 0 Å². The highest BCUT2D eigenvalue weighted by molar-refractivity contribution is 5.69. The number of ether oxygens (including phenoxy) is 1. The Balaban J connectivity index is 3.62. The minimum absolute atomic E-state index is 0.0478. The first-order valence-electron chi connectivity index (χ1n) is 14.6. The van der Waals surface area contributed by atoms with Gasteiger partial charge < -0.3 is 9.84 Å². The molecule has 1 N–H and O–H groups in total. The Kier molecular flexibility index (Phi) is 25.9. The van der Waals surface area contributed by atoms with Crippen molar-refractivity contribution >= 4 is 11.9 Å². The minimum atomic E-state index is -0.692. The van der Waals surface area contributed by atoms with Crippen molar-refractivity contribution in [3.8, 4) is 0 Å². The molecule has 0 aliphatic rings. The Morgan fingerprint density at radius 1 is 0.639 bits per heavy atom. The van der Waals surface area contributed by atoms with E-state index in [1.165, 1.54) is 25.7 Å². The van der Waals surface area contributed by atoms with Crippen molar-refractivity contribution in [2.45, 2.75) is 142 Å². The van der Waals surface area contributed by atoms with Crippen LogP contribution in [0.4, 0.5) is 0 Å². The molecule has 1 unspecified atom stereocenters. The van der Waals surface area contributed by atoms with Crippen LogP contribution in [-0.2, 0) is 14.3 Å². The maximum atomic E-state index is 12.2. The second kappa shape index (κ2) is 27.5. The van der Waals surface area contributed by atoms with Crippen molar-refractivity contribution < 1.29 is 19.4 Å². The fourth-order valence-electron chi connectivity index (χ4n) is 3.93. The molecule has 0 saturated heterocycles. The predicted octanol–water partition coefficient (Wildman–Crippen LogP) is 9.66. The van der Waals surface area contributed by atoms with Crippen molar-refractivity contribution in [1.82, 2.24) is 0 Å². The van der Waals surface area contributed by atoms with Gasteiger partial charge in [0.25, 0.3) is 0 Å². The van der Waals surface area contributed by atoms with Gasteiger partial charge in [-0.25, -0.2) is 0 Å². The topological polar surface area (TPSA) is 63.6 Å². The number of carbonyl (C=O) groups excluding carboxylic acids is 1. The van der Waals surface area contributed by atoms with E-state index in [0.29, 0.717) is 12.8 Å². The van der Waals surface area contributed by atoms with E-state index >= 15 is 0 Å². The van der Waals surface area contributed by atoms with Crippen LogP contribution < -0.4 is 0 Å². The summed E-state index contributed by atoms with van der Waals surface area (Å²) in [5, 5.41) is 8.63. The zero-order valence-corrected chi connectivity index (χ0v) is 23.3. The third-order valence-corrected chi connectivity index (χ3v) is 6.14. The van der Waals surface area contributed by atoms with E-state index in [9.17, 15) is 9.59 Å². The van der Waals surface area contributed by atoms with Gasteiger partial charge in [0.2, 0.25) is 0 Å². The van der Waals surface area contributed by atoms with Crippen molar-refractivity contribution in [1.29, 1.82) is 0 Å². The zero-order chi connectivity index (χ0) is 26.5. The van der Waals surface area contributed by atoms with Gasteiger partial charge >= 0.3 is 11.9 Å². The molecule has 0 aliphatic carbocycles. The lowest BCUT2D eigenvalue weighted by molar-refractivity contribution is -0.149. The molecule has 0 radical (unpaired) electrons. The average molecular weight is 503 g/mol. The normalized spacial score (nSPS) is 12.9. The first kappa shape index (κ1) is 33.9. The summed E-state index contributed by atoms with van der Waals surface area (Å²) >= 11 is 0. The number of rotatable bonds is 25. The lowest BCUT2D eigenvalue weighted by Crippen LogP contribution is -2.17. The van der Waals surface area contributed by atoms with E-state index in [1.807, 2.05) is 0 Å². The Bertz CT molecular complexity index is 630. The highest BCUT2D eigenvalue weighted by atomic mass is 16.5. The van der Waals surface area contributed by atoms with Crippen LogP contribution >= 0.6 is 0 Å². The zero-order valence-electron chi connectivity index (χ0n) is 23.3. The molecule has 206 valence electrons. The van der Waals surface area contributed by atoms with Crippen LogP contribution in [0.25, 0.3) is 0 Å². The third kappa shape index (κ3) is 26.5. The summed E-state index contributed by atoms with van der Waals surface area (Å²) in [5.74, 6) is -0.739. The number of allylic oxidation sites excluding steroid dienone is 8. The van der Waals surface area contributed by atoms with E-state index < -0.39 is 5.97 Å². The second-order valence-corrected chi connectivity index (χ2v) is 9.53. The lowest BCUT2D eigenvalue weighted by atomic mass is 10.0. The van der Waals surface area contributed by atoms with E-state index in [0.717, 1.165) is 83.5 Å². The van der Waals surface area contributed by atoms with Gasteiger partial charge in [-0.05, 0) is 70.6 Å². The molecule has 0 aromatic carbocycles. The van der Waals surface area contributed by atoms with Gasteiger partial charge in [0.15, 0.2) is 0 Å². The smallest absolute Gasteiger partial charge is 0.306 e. The third-order valence-electron chi connectivity index (χ3n) is 6.14. The number of aliphatic carboxylic acids is 1. The molecular weight excluding hydrogens is 448 g/mol. The van der Waals surface area contributed by atoms with Gasteiger partial charge in [0.05, 0.1) is 0 Å². The fraction of sp³-hybridized carbons (Fsp3) is 0.688. The van der Waals surface area contributed by atoms with Crippen LogP contribution in [0.1, 0.15) is 136 Å². The van der Waals surface area contributed by atoms with Gasteiger partial charge in [-0.1, -0.05) is 101 Å². The van der Waals surface area contributed by atoms with Gasteiger partial charge in [-0.3, -0.25) is 9.59 Å². The van der Waals surface area contributed by atoms with Crippen LogP contribution in [0, 0.1) is 0 Å². The van der Waals surface area contributed by atoms with Crippen LogP contribution in [0.5, 0.6) is 0 Å². The molecule has 4 nitrogen and oxygen atoms in total. The Hall–Kier alpha value is -2.10. The molecule has 0 aliphatic heterocycles. The SMILES string of the molecule is CC/C=C\C/C=C\C/C=C\C/C=C\CCCCC(=O)OC(CC)CCCCCCCCCCC(=O)O. The van der Waals surface area contributed by atoms with Gasteiger partial charge in [-0.15, -0.1) is 0 Å². The molecule has 0 spiro atoms. The standard InChI is InChI=1S/C32H54O4/c1-3-5-6-7-8-9-10-11-12-13-14-15-20-23-26-29-32(35)36-30(4-2)27-24-21-18-16-17-19-22-25-28-31(33)34/h5-6,8-9,11-12,14-15,30H,3-4,7,10,13,16-29H2,1-2H3,(H,33,34)/b6-5-,9-8-,12-11-,15-14-. The quantitative estimate of drug-likeness (QED) is 0.0766. The number of carboxylic acids is 1. The molecule has 0 rings (SSSR count). The maximum Gasteiger partial charge on any atom is 0.306 e. The molecule has 0 saturated carbocycles.